The number of alkyl halides is 1. The average Bonchev–Trinajstić information content (AvgIpc) is 2.26. The molecule has 0 saturated heterocycles. The van der Waals surface area contributed by atoms with E-state index in [1.54, 1.807) is 7.11 Å². The summed E-state index contributed by atoms with van der Waals surface area (Å²) in [6, 6.07) is 8.43. The minimum absolute atomic E-state index is 0.209. The van der Waals surface area contributed by atoms with Crippen molar-refractivity contribution >= 4 is 27.5 Å². The number of ether oxygens (including phenoxy) is 1. The molecular formula is C11H15BrClNO. The lowest BCUT2D eigenvalue weighted by atomic mass is 10.2. The maximum atomic E-state index is 5.79. The molecule has 0 bridgehead atoms. The van der Waals surface area contributed by atoms with Gasteiger partial charge >= 0.3 is 0 Å². The van der Waals surface area contributed by atoms with Crippen LogP contribution in [0.5, 0.6) is 0 Å². The van der Waals surface area contributed by atoms with E-state index in [1.165, 1.54) is 5.56 Å². The molecule has 1 N–H and O–H groups in total. The van der Waals surface area contributed by atoms with Crippen molar-refractivity contribution in [2.24, 2.45) is 0 Å². The number of benzene rings is 1. The molecule has 15 heavy (non-hydrogen) atoms. The van der Waals surface area contributed by atoms with Gasteiger partial charge in [0, 0.05) is 30.0 Å². The Balaban J connectivity index is 2.38. The predicted octanol–water partition coefficient (Wildman–Crippen LogP) is 2.79. The van der Waals surface area contributed by atoms with Gasteiger partial charge in [-0.3, -0.25) is 0 Å². The summed E-state index contributed by atoms with van der Waals surface area (Å²) in [6.07, 6.45) is 0. The maximum Gasteiger partial charge on any atom is 0.0627 e. The average molecular weight is 293 g/mol. The first-order valence-electron chi connectivity index (χ1n) is 4.79. The first-order valence-corrected chi connectivity index (χ1v) is 6.11. The summed E-state index contributed by atoms with van der Waals surface area (Å²) in [5.74, 6) is 0.560. The fraction of sp³-hybridized carbons (Fsp3) is 0.455. The topological polar surface area (TPSA) is 21.3 Å². The molecule has 0 aromatic heterocycles. The van der Waals surface area contributed by atoms with Crippen LogP contribution >= 0.6 is 27.5 Å². The van der Waals surface area contributed by atoms with Crippen molar-refractivity contribution in [2.75, 3.05) is 19.6 Å². The molecule has 0 amide bonds. The van der Waals surface area contributed by atoms with Gasteiger partial charge in [-0.15, -0.1) is 11.6 Å². The van der Waals surface area contributed by atoms with Gasteiger partial charge in [-0.2, -0.15) is 0 Å². The third kappa shape index (κ3) is 4.98. The van der Waals surface area contributed by atoms with E-state index in [0.717, 1.165) is 11.0 Å². The third-order valence-corrected chi connectivity index (χ3v) is 2.96. The minimum atomic E-state index is 0.209. The van der Waals surface area contributed by atoms with Crippen molar-refractivity contribution in [1.82, 2.24) is 5.32 Å². The zero-order valence-electron chi connectivity index (χ0n) is 8.67. The monoisotopic (exact) mass is 291 g/mol. The van der Waals surface area contributed by atoms with E-state index in [0.29, 0.717) is 12.5 Å². The normalized spacial score (nSPS) is 12.7. The molecule has 1 rings (SSSR count). The molecule has 1 aromatic rings. The zero-order valence-corrected chi connectivity index (χ0v) is 11.0. The lowest BCUT2D eigenvalue weighted by Crippen LogP contribution is -2.34. The molecule has 0 spiro atoms. The van der Waals surface area contributed by atoms with Gasteiger partial charge in [0.2, 0.25) is 0 Å². The zero-order chi connectivity index (χ0) is 11.1. The first-order chi connectivity index (χ1) is 7.26. The van der Waals surface area contributed by atoms with E-state index >= 15 is 0 Å². The number of hydrogen-bond acceptors (Lipinski definition) is 2. The van der Waals surface area contributed by atoms with E-state index in [1.807, 2.05) is 12.1 Å². The van der Waals surface area contributed by atoms with Gasteiger partial charge < -0.3 is 10.1 Å². The van der Waals surface area contributed by atoms with Gasteiger partial charge in [0.15, 0.2) is 0 Å². The molecule has 2 nitrogen and oxygen atoms in total. The molecule has 1 unspecified atom stereocenters. The van der Waals surface area contributed by atoms with E-state index in [-0.39, 0.29) is 6.04 Å². The number of rotatable bonds is 6. The second-order valence-corrected chi connectivity index (χ2v) is 4.54. The highest BCUT2D eigenvalue weighted by molar-refractivity contribution is 9.10. The maximum absolute atomic E-state index is 5.79. The van der Waals surface area contributed by atoms with Crippen molar-refractivity contribution in [3.05, 3.63) is 34.3 Å². The van der Waals surface area contributed by atoms with Crippen molar-refractivity contribution in [3.63, 3.8) is 0 Å². The van der Waals surface area contributed by atoms with Crippen LogP contribution in [-0.2, 0) is 11.3 Å². The highest BCUT2D eigenvalue weighted by atomic mass is 79.9. The molecule has 84 valence electrons. The van der Waals surface area contributed by atoms with Crippen molar-refractivity contribution in [3.8, 4) is 0 Å². The van der Waals surface area contributed by atoms with Crippen LogP contribution in [0.2, 0.25) is 0 Å². The number of halogens is 2. The largest absolute Gasteiger partial charge is 0.383 e. The summed E-state index contributed by atoms with van der Waals surface area (Å²) in [5.41, 5.74) is 1.24. The molecule has 1 atom stereocenters. The molecule has 0 heterocycles. The molecule has 0 aliphatic rings. The van der Waals surface area contributed by atoms with Crippen LogP contribution < -0.4 is 5.32 Å². The number of nitrogens with one attached hydrogen (secondary N) is 1. The standard InChI is InChI=1S/C11H15BrClNO/c1-15-8-11(6-13)14-7-9-2-4-10(12)5-3-9/h2-5,11,14H,6-8H2,1H3. The van der Waals surface area contributed by atoms with Crippen LogP contribution in [0.3, 0.4) is 0 Å². The Bertz CT molecular complexity index is 278. The molecular weight excluding hydrogens is 277 g/mol. The molecule has 0 radical (unpaired) electrons. The van der Waals surface area contributed by atoms with E-state index in [9.17, 15) is 0 Å². The highest BCUT2D eigenvalue weighted by Gasteiger charge is 2.05. The fourth-order valence-corrected chi connectivity index (χ4v) is 1.69. The first kappa shape index (κ1) is 13.0. The molecule has 0 fully saturated rings. The van der Waals surface area contributed by atoms with Crippen LogP contribution in [0.1, 0.15) is 5.56 Å². The summed E-state index contributed by atoms with van der Waals surface area (Å²) in [7, 11) is 1.68. The van der Waals surface area contributed by atoms with Crippen molar-refractivity contribution in [1.29, 1.82) is 0 Å². The van der Waals surface area contributed by atoms with Crippen molar-refractivity contribution < 1.29 is 4.74 Å². The summed E-state index contributed by atoms with van der Waals surface area (Å²) in [6.45, 7) is 1.45. The number of methoxy groups -OCH3 is 1. The molecule has 0 aliphatic heterocycles. The van der Waals surface area contributed by atoms with Gasteiger partial charge in [0.05, 0.1) is 6.61 Å². The Kier molecular flexibility index (Phi) is 6.25. The van der Waals surface area contributed by atoms with Gasteiger partial charge in [-0.1, -0.05) is 28.1 Å². The number of hydrogen-bond donors (Lipinski definition) is 1. The highest BCUT2D eigenvalue weighted by Crippen LogP contribution is 2.10. The van der Waals surface area contributed by atoms with Crippen LogP contribution in [0, 0.1) is 0 Å². The SMILES string of the molecule is COCC(CCl)NCc1ccc(Br)cc1. The smallest absolute Gasteiger partial charge is 0.0627 e. The summed E-state index contributed by atoms with van der Waals surface area (Å²) >= 11 is 9.19. The van der Waals surface area contributed by atoms with Gasteiger partial charge in [0.25, 0.3) is 0 Å². The Morgan fingerprint density at radius 2 is 2.07 bits per heavy atom. The summed E-state index contributed by atoms with van der Waals surface area (Å²) in [5, 5.41) is 3.33. The quantitative estimate of drug-likeness (QED) is 0.814. The fourth-order valence-electron chi connectivity index (χ4n) is 1.22. The third-order valence-electron chi connectivity index (χ3n) is 2.06. The Morgan fingerprint density at radius 3 is 2.60 bits per heavy atom. The van der Waals surface area contributed by atoms with Gasteiger partial charge in [-0.05, 0) is 17.7 Å². The predicted molar refractivity (Wildman–Crippen MR) is 67.4 cm³/mol. The lowest BCUT2D eigenvalue weighted by Gasteiger charge is -2.14. The molecule has 4 heteroatoms. The van der Waals surface area contributed by atoms with Crippen molar-refractivity contribution in [2.45, 2.75) is 12.6 Å². The summed E-state index contributed by atoms with van der Waals surface area (Å²) < 4.78 is 6.14. The van der Waals surface area contributed by atoms with Gasteiger partial charge in [0.1, 0.15) is 0 Å². The van der Waals surface area contributed by atoms with Crippen LogP contribution in [0.15, 0.2) is 28.7 Å². The Hall–Kier alpha value is -0.0900. The molecule has 0 aliphatic carbocycles. The van der Waals surface area contributed by atoms with Crippen LogP contribution in [-0.4, -0.2) is 25.6 Å². The van der Waals surface area contributed by atoms with E-state index in [2.05, 4.69) is 33.4 Å². The van der Waals surface area contributed by atoms with E-state index in [4.69, 9.17) is 16.3 Å². The van der Waals surface area contributed by atoms with Gasteiger partial charge in [-0.25, -0.2) is 0 Å². The lowest BCUT2D eigenvalue weighted by molar-refractivity contribution is 0.172. The molecule has 0 saturated carbocycles. The second kappa shape index (κ2) is 7.23. The Labute approximate surface area is 104 Å². The Morgan fingerprint density at radius 1 is 1.40 bits per heavy atom. The molecule has 1 aromatic carbocycles. The minimum Gasteiger partial charge on any atom is -0.383 e. The van der Waals surface area contributed by atoms with E-state index < -0.39 is 0 Å². The van der Waals surface area contributed by atoms with Crippen LogP contribution in [0.25, 0.3) is 0 Å². The second-order valence-electron chi connectivity index (χ2n) is 3.31. The van der Waals surface area contributed by atoms with Crippen LogP contribution in [0.4, 0.5) is 0 Å². The summed E-state index contributed by atoms with van der Waals surface area (Å²) in [4.78, 5) is 0.